The molecule has 0 radical (unpaired) electrons. The molecule has 8 nitrogen and oxygen atoms in total. The Morgan fingerprint density at radius 3 is 2.65 bits per heavy atom. The minimum absolute atomic E-state index is 0.192. The van der Waals surface area contributed by atoms with E-state index in [0.29, 0.717) is 46.4 Å². The molecule has 0 saturated carbocycles. The zero-order chi connectivity index (χ0) is 34.5. The fourth-order valence-corrected chi connectivity index (χ4v) is 6.83. The van der Waals surface area contributed by atoms with Gasteiger partial charge >= 0.3 is 0 Å². The van der Waals surface area contributed by atoms with Crippen molar-refractivity contribution in [3.63, 3.8) is 0 Å². The van der Waals surface area contributed by atoms with Crippen molar-refractivity contribution in [2.24, 2.45) is 22.0 Å². The van der Waals surface area contributed by atoms with Gasteiger partial charge in [0.15, 0.2) is 0 Å². The fraction of sp³-hybridized carbons (Fsp3) is 0.474. The van der Waals surface area contributed by atoms with Crippen molar-refractivity contribution < 1.29 is 14.2 Å². The third-order valence-corrected chi connectivity index (χ3v) is 9.33. The first-order valence-corrected chi connectivity index (χ1v) is 17.3. The molecule has 4 rings (SSSR count). The van der Waals surface area contributed by atoms with E-state index in [1.807, 2.05) is 37.4 Å². The lowest BCUT2D eigenvalue weighted by molar-refractivity contribution is 0.220. The highest BCUT2D eigenvalue weighted by Gasteiger charge is 2.23. The van der Waals surface area contributed by atoms with Crippen LogP contribution < -0.4 is 0 Å². The molecule has 1 aliphatic heterocycles. The number of aliphatic hydroxyl groups is 1. The number of aliphatic imine (C=N–C) groups is 1. The maximum absolute atomic E-state index is 16.0. The number of pyridine rings is 1. The maximum Gasteiger partial charge on any atom is 0.134 e. The van der Waals surface area contributed by atoms with Gasteiger partial charge in [-0.15, -0.1) is 0 Å². The minimum atomic E-state index is -0.342. The zero-order valence-electron chi connectivity index (χ0n) is 28.7. The third-order valence-electron chi connectivity index (χ3n) is 8.92. The smallest absolute Gasteiger partial charge is 0.134 e. The Hall–Kier alpha value is -3.50. The van der Waals surface area contributed by atoms with Crippen LogP contribution in [-0.2, 0) is 24.1 Å². The molecule has 0 bridgehead atoms. The first-order valence-electron chi connectivity index (χ1n) is 16.9. The van der Waals surface area contributed by atoms with Gasteiger partial charge < -0.3 is 14.7 Å². The molecule has 0 unspecified atom stereocenters. The molecular formula is C38H49ClFN5O3. The van der Waals surface area contributed by atoms with Crippen LogP contribution in [0.3, 0.4) is 0 Å². The maximum atomic E-state index is 16.0. The number of hydrogen-bond donors (Lipinski definition) is 1. The predicted molar refractivity (Wildman–Crippen MR) is 194 cm³/mol. The lowest BCUT2D eigenvalue weighted by Crippen LogP contribution is -2.29. The van der Waals surface area contributed by atoms with Gasteiger partial charge in [0.05, 0.1) is 30.1 Å². The molecule has 48 heavy (non-hydrogen) atoms. The number of aryl methyl sites for hydroxylation is 1. The number of ether oxygens (including phenoxy) is 1. The standard InChI is InChI=1S/C38H49ClFN5O3/c1-5-9-27(20-42-47)21-44(3)24-31(26-48-4)41-18-16-29-10-7-12-33(38(29)40)32-11-8-13-34(37(32)39)36-15-14-30(35(6-2)43-36)23-45-19-17-28(22-45)25-46/h7-8,10-15,18,26-28,46H,5-6,9,16-17,19-25H2,1-4H3/b31-26+,41-18?/t27-,28+/m0/s1. The SMILES string of the molecule is CCC[C@@H](CN=O)CN(C)C/C(=C\OC)N=CCc1cccc(-c2cccc(-c3ccc(CN4CC[C@@H](CO)C4)c(CC)n3)c2Cl)c1F. The molecule has 1 saturated heterocycles. The second-order valence-corrected chi connectivity index (χ2v) is 13.1. The predicted octanol–water partition coefficient (Wildman–Crippen LogP) is 7.80. The molecule has 2 atom stereocenters. The summed E-state index contributed by atoms with van der Waals surface area (Å²) in [4.78, 5) is 24.9. The molecule has 258 valence electrons. The highest BCUT2D eigenvalue weighted by molar-refractivity contribution is 6.36. The van der Waals surface area contributed by atoms with Crippen molar-refractivity contribution in [2.75, 3.05) is 53.5 Å². The van der Waals surface area contributed by atoms with Gasteiger partial charge in [-0.1, -0.05) is 79.5 Å². The minimum Gasteiger partial charge on any atom is -0.502 e. The second-order valence-electron chi connectivity index (χ2n) is 12.7. The lowest BCUT2D eigenvalue weighted by Gasteiger charge is -2.22. The van der Waals surface area contributed by atoms with Gasteiger partial charge in [-0.05, 0) is 61.9 Å². The summed E-state index contributed by atoms with van der Waals surface area (Å²) in [7, 11) is 3.55. The van der Waals surface area contributed by atoms with E-state index in [9.17, 15) is 10.0 Å². The van der Waals surface area contributed by atoms with Gasteiger partial charge in [0.1, 0.15) is 12.1 Å². The number of halogens is 2. The van der Waals surface area contributed by atoms with Crippen molar-refractivity contribution in [3.8, 4) is 22.4 Å². The van der Waals surface area contributed by atoms with Gasteiger partial charge in [-0.2, -0.15) is 4.91 Å². The summed E-state index contributed by atoms with van der Waals surface area (Å²) in [6, 6.07) is 15.1. The molecule has 1 aliphatic rings. The van der Waals surface area contributed by atoms with Crippen molar-refractivity contribution in [2.45, 2.75) is 52.5 Å². The number of methoxy groups -OCH3 is 1. The van der Waals surface area contributed by atoms with Crippen molar-refractivity contribution in [1.29, 1.82) is 0 Å². The van der Waals surface area contributed by atoms with Crippen LogP contribution in [0.25, 0.3) is 22.4 Å². The Morgan fingerprint density at radius 1 is 1.17 bits per heavy atom. The molecule has 0 amide bonds. The Bertz CT molecular complexity index is 1570. The number of nitroso groups, excluding NO2 is 1. The first-order chi connectivity index (χ1) is 23.3. The summed E-state index contributed by atoms with van der Waals surface area (Å²) in [6.07, 6.45) is 7.28. The zero-order valence-corrected chi connectivity index (χ0v) is 29.4. The molecule has 3 aromatic rings. The van der Waals surface area contributed by atoms with E-state index in [2.05, 4.69) is 39.9 Å². The fourth-order valence-electron chi connectivity index (χ4n) is 6.50. The van der Waals surface area contributed by atoms with Crippen LogP contribution in [0.15, 0.2) is 70.7 Å². The molecule has 0 aliphatic carbocycles. The van der Waals surface area contributed by atoms with Crippen LogP contribution in [0, 0.1) is 22.6 Å². The monoisotopic (exact) mass is 677 g/mol. The van der Waals surface area contributed by atoms with Gasteiger partial charge in [0.25, 0.3) is 0 Å². The van der Waals surface area contributed by atoms with Crippen LogP contribution in [0.5, 0.6) is 0 Å². The van der Waals surface area contributed by atoms with Crippen LogP contribution in [0.4, 0.5) is 4.39 Å². The number of nitrogens with zero attached hydrogens (tertiary/aromatic N) is 5. The normalized spacial score (nSPS) is 16.2. The number of aliphatic hydroxyl groups excluding tert-OH is 1. The Balaban J connectivity index is 1.50. The number of hydrogen-bond acceptors (Lipinski definition) is 8. The molecule has 1 N–H and O–H groups in total. The summed E-state index contributed by atoms with van der Waals surface area (Å²) < 4.78 is 21.3. The van der Waals surface area contributed by atoms with Gasteiger partial charge in [-0.3, -0.25) is 14.9 Å². The van der Waals surface area contributed by atoms with E-state index in [0.717, 1.165) is 68.8 Å². The van der Waals surface area contributed by atoms with E-state index < -0.39 is 0 Å². The molecule has 1 fully saturated rings. The van der Waals surface area contributed by atoms with Crippen LogP contribution >= 0.6 is 11.6 Å². The molecule has 2 heterocycles. The number of likely N-dealkylation sites (tertiary alicyclic amines) is 1. The van der Waals surface area contributed by atoms with Crippen LogP contribution in [0.2, 0.25) is 5.02 Å². The van der Waals surface area contributed by atoms with Gasteiger partial charge in [0.2, 0.25) is 0 Å². The number of benzene rings is 2. The number of aromatic nitrogens is 1. The first kappa shape index (κ1) is 37.3. The van der Waals surface area contributed by atoms with E-state index in [4.69, 9.17) is 21.3 Å². The lowest BCUT2D eigenvalue weighted by atomic mass is 9.97. The van der Waals surface area contributed by atoms with E-state index in [1.165, 1.54) is 5.56 Å². The highest BCUT2D eigenvalue weighted by Crippen LogP contribution is 2.38. The van der Waals surface area contributed by atoms with E-state index in [-0.39, 0.29) is 24.8 Å². The summed E-state index contributed by atoms with van der Waals surface area (Å²) in [6.45, 7) is 8.64. The van der Waals surface area contributed by atoms with Crippen LogP contribution in [0.1, 0.15) is 49.9 Å². The Kier molecular flexibility index (Phi) is 14.7. The number of likely N-dealkylation sites (N-methyl/N-ethyl adjacent to an activating group) is 1. The summed E-state index contributed by atoms with van der Waals surface area (Å²) in [5, 5.41) is 13.1. The van der Waals surface area contributed by atoms with Crippen LogP contribution in [-0.4, -0.2) is 79.6 Å². The summed E-state index contributed by atoms with van der Waals surface area (Å²) in [5.41, 5.74) is 5.93. The van der Waals surface area contributed by atoms with E-state index >= 15 is 4.39 Å². The molecule has 2 aromatic carbocycles. The average molecular weight is 678 g/mol. The Labute approximate surface area is 289 Å². The van der Waals surface area contributed by atoms with E-state index in [1.54, 1.807) is 31.7 Å². The van der Waals surface area contributed by atoms with Crippen molar-refractivity contribution >= 4 is 17.8 Å². The molecular weight excluding hydrogens is 629 g/mol. The quantitative estimate of drug-likeness (QED) is 0.0840. The van der Waals surface area contributed by atoms with Crippen molar-refractivity contribution in [1.82, 2.24) is 14.8 Å². The molecule has 0 spiro atoms. The van der Waals surface area contributed by atoms with Gasteiger partial charge in [0, 0.05) is 67.8 Å². The summed E-state index contributed by atoms with van der Waals surface area (Å²) >= 11 is 7.00. The molecule has 1 aromatic heterocycles. The average Bonchev–Trinajstić information content (AvgIpc) is 3.54. The van der Waals surface area contributed by atoms with Crippen molar-refractivity contribution in [3.05, 3.63) is 93.1 Å². The van der Waals surface area contributed by atoms with Gasteiger partial charge in [-0.25, -0.2) is 4.39 Å². The Morgan fingerprint density at radius 2 is 1.94 bits per heavy atom. The largest absolute Gasteiger partial charge is 0.502 e. The third kappa shape index (κ3) is 10.0. The number of rotatable bonds is 18. The topological polar surface area (TPSA) is 90.6 Å². The highest BCUT2D eigenvalue weighted by atomic mass is 35.5. The molecule has 10 heteroatoms. The summed E-state index contributed by atoms with van der Waals surface area (Å²) in [5.74, 6) is 0.192. The second kappa shape index (κ2) is 18.9.